The highest BCUT2D eigenvalue weighted by Gasteiger charge is 2.34. The lowest BCUT2D eigenvalue weighted by Crippen LogP contribution is -2.28. The van der Waals surface area contributed by atoms with Crippen LogP contribution in [0.3, 0.4) is 0 Å². The number of hydrogen-bond acceptors (Lipinski definition) is 7. The molecule has 0 bridgehead atoms. The molecule has 1 N–H and O–H groups in total. The van der Waals surface area contributed by atoms with E-state index in [9.17, 15) is 9.59 Å². The highest BCUT2D eigenvalue weighted by Crippen LogP contribution is 2.37. The Morgan fingerprint density at radius 3 is 2.65 bits per heavy atom. The smallest absolute Gasteiger partial charge is 0.344 e. The Bertz CT molecular complexity index is 1240. The molecule has 2 aromatic carbocycles. The first-order valence-corrected chi connectivity index (χ1v) is 11.2. The van der Waals surface area contributed by atoms with E-state index < -0.39 is 12.1 Å². The number of aliphatic imine (C=N–C) groups is 1. The van der Waals surface area contributed by atoms with Crippen LogP contribution in [-0.2, 0) is 16.1 Å². The van der Waals surface area contributed by atoms with E-state index in [2.05, 4.69) is 4.99 Å². The molecule has 8 nitrogen and oxygen atoms in total. The average molecular weight is 479 g/mol. The monoisotopic (exact) mass is 478 g/mol. The van der Waals surface area contributed by atoms with Crippen LogP contribution >= 0.6 is 11.8 Å². The Morgan fingerprint density at radius 1 is 1.18 bits per heavy atom. The molecule has 2 heterocycles. The number of thioether (sulfide) groups is 1. The van der Waals surface area contributed by atoms with Crippen molar-refractivity contribution in [2.24, 2.45) is 4.99 Å². The Labute approximate surface area is 200 Å². The quantitative estimate of drug-likeness (QED) is 0.457. The number of amidine groups is 1. The number of carbonyl (C=O) groups excluding carboxylic acids is 1. The third-order valence-electron chi connectivity index (χ3n) is 4.90. The predicted octanol–water partition coefficient (Wildman–Crippen LogP) is 4.94. The molecule has 1 unspecified atom stereocenters. The molecule has 1 aliphatic heterocycles. The van der Waals surface area contributed by atoms with Crippen molar-refractivity contribution in [3.05, 3.63) is 83.2 Å². The maximum absolute atomic E-state index is 13.3. The molecular formula is C25H22N2O6S. The van der Waals surface area contributed by atoms with E-state index in [1.165, 1.54) is 25.8 Å². The number of aliphatic carboxylic acids is 1. The molecule has 3 aromatic rings. The molecule has 1 fully saturated rings. The Hall–Kier alpha value is -3.98. The number of carboxylic acid groups (broad SMARTS) is 1. The van der Waals surface area contributed by atoms with Crippen molar-refractivity contribution in [3.63, 3.8) is 0 Å². The molecule has 9 heteroatoms. The first-order chi connectivity index (χ1) is 16.4. The van der Waals surface area contributed by atoms with Crippen molar-refractivity contribution < 1.29 is 28.6 Å². The third kappa shape index (κ3) is 5.32. The molecule has 0 saturated carbocycles. The second kappa shape index (κ2) is 10.3. The molecule has 1 saturated heterocycles. The van der Waals surface area contributed by atoms with Crippen LogP contribution in [0.15, 0.2) is 81.2 Å². The number of ether oxygens (including phenoxy) is 2. The van der Waals surface area contributed by atoms with Gasteiger partial charge in [0.2, 0.25) is 0 Å². The number of carboxylic acids is 1. The molecule has 1 atom stereocenters. The van der Waals surface area contributed by atoms with Gasteiger partial charge in [-0.05, 0) is 66.7 Å². The molecule has 34 heavy (non-hydrogen) atoms. The number of para-hydroxylation sites is 1. The van der Waals surface area contributed by atoms with Crippen LogP contribution in [0.5, 0.6) is 11.5 Å². The maximum Gasteiger partial charge on any atom is 0.344 e. The fourth-order valence-electron chi connectivity index (χ4n) is 3.17. The average Bonchev–Trinajstić information content (AvgIpc) is 3.45. The molecule has 0 aliphatic carbocycles. The number of hydrogen-bond donors (Lipinski definition) is 1. The summed E-state index contributed by atoms with van der Waals surface area (Å²) in [4.78, 5) is 31.1. The van der Waals surface area contributed by atoms with Gasteiger partial charge in [0, 0.05) is 0 Å². The van der Waals surface area contributed by atoms with E-state index in [0.717, 1.165) is 5.69 Å². The lowest BCUT2D eigenvalue weighted by Gasteiger charge is -2.14. The summed E-state index contributed by atoms with van der Waals surface area (Å²) in [6, 6.07) is 18.0. The first-order valence-electron chi connectivity index (χ1n) is 10.4. The molecule has 1 aromatic heterocycles. The van der Waals surface area contributed by atoms with E-state index in [-0.39, 0.29) is 12.5 Å². The van der Waals surface area contributed by atoms with Crippen molar-refractivity contribution in [1.82, 2.24) is 4.90 Å². The second-order valence-electron chi connectivity index (χ2n) is 7.32. The fraction of sp³-hybridized carbons (Fsp3) is 0.160. The van der Waals surface area contributed by atoms with E-state index in [1.54, 1.807) is 41.5 Å². The number of furan rings is 1. The lowest BCUT2D eigenvalue weighted by molar-refractivity contribution is -0.144. The SMILES string of the molecule is COc1cc(/C=C2/SC(=Nc3ccccc3)N(Cc3ccco3)C2=O)ccc1OC(C)C(=O)O. The summed E-state index contributed by atoms with van der Waals surface area (Å²) in [7, 11) is 1.47. The summed E-state index contributed by atoms with van der Waals surface area (Å²) in [6.07, 6.45) is 2.27. The highest BCUT2D eigenvalue weighted by molar-refractivity contribution is 8.18. The molecule has 0 spiro atoms. The fourth-order valence-corrected chi connectivity index (χ4v) is 4.16. The minimum atomic E-state index is -1.08. The number of nitrogens with zero attached hydrogens (tertiary/aromatic N) is 2. The highest BCUT2D eigenvalue weighted by atomic mass is 32.2. The molecule has 0 radical (unpaired) electrons. The summed E-state index contributed by atoms with van der Waals surface area (Å²) in [6.45, 7) is 1.69. The van der Waals surface area contributed by atoms with Gasteiger partial charge >= 0.3 is 5.97 Å². The van der Waals surface area contributed by atoms with E-state index in [0.29, 0.717) is 32.9 Å². The van der Waals surface area contributed by atoms with Crippen molar-refractivity contribution in [3.8, 4) is 11.5 Å². The molecule has 1 amide bonds. The van der Waals surface area contributed by atoms with Gasteiger partial charge in [-0.2, -0.15) is 0 Å². The van der Waals surface area contributed by atoms with E-state index >= 15 is 0 Å². The zero-order valence-corrected chi connectivity index (χ0v) is 19.3. The predicted molar refractivity (Wildman–Crippen MR) is 129 cm³/mol. The molecular weight excluding hydrogens is 456 g/mol. The van der Waals surface area contributed by atoms with E-state index in [1.807, 2.05) is 36.4 Å². The number of rotatable bonds is 8. The number of benzene rings is 2. The summed E-state index contributed by atoms with van der Waals surface area (Å²) < 4.78 is 16.2. The van der Waals surface area contributed by atoms with E-state index in [4.69, 9.17) is 19.0 Å². The van der Waals surface area contributed by atoms with Crippen LogP contribution in [0.4, 0.5) is 5.69 Å². The largest absolute Gasteiger partial charge is 0.493 e. The summed E-state index contributed by atoms with van der Waals surface area (Å²) in [5, 5.41) is 9.63. The van der Waals surface area contributed by atoms with Crippen LogP contribution in [0.2, 0.25) is 0 Å². The molecule has 174 valence electrons. The zero-order chi connectivity index (χ0) is 24.1. The van der Waals surface area contributed by atoms with Gasteiger partial charge in [0.25, 0.3) is 5.91 Å². The summed E-state index contributed by atoms with van der Waals surface area (Å²) in [5.41, 5.74) is 1.43. The van der Waals surface area contributed by atoms with Crippen LogP contribution in [-0.4, -0.2) is 40.3 Å². The van der Waals surface area contributed by atoms with Gasteiger partial charge in [-0.3, -0.25) is 9.69 Å². The van der Waals surface area contributed by atoms with Crippen LogP contribution in [0.1, 0.15) is 18.2 Å². The van der Waals surface area contributed by atoms with Gasteiger partial charge in [-0.1, -0.05) is 24.3 Å². The Kier molecular flexibility index (Phi) is 7.03. The van der Waals surface area contributed by atoms with Gasteiger partial charge < -0.3 is 19.0 Å². The van der Waals surface area contributed by atoms with Crippen molar-refractivity contribution in [2.45, 2.75) is 19.6 Å². The molecule has 1 aliphatic rings. The minimum absolute atomic E-state index is 0.199. The normalized spacial score (nSPS) is 16.8. The summed E-state index contributed by atoms with van der Waals surface area (Å²) in [5.74, 6) is 0.0314. The van der Waals surface area contributed by atoms with Crippen LogP contribution in [0.25, 0.3) is 6.08 Å². The Morgan fingerprint density at radius 2 is 1.97 bits per heavy atom. The number of amides is 1. The van der Waals surface area contributed by atoms with Crippen molar-refractivity contribution in [1.29, 1.82) is 0 Å². The second-order valence-corrected chi connectivity index (χ2v) is 8.33. The van der Waals surface area contributed by atoms with Gasteiger partial charge in [-0.25, -0.2) is 9.79 Å². The Balaban J connectivity index is 1.64. The maximum atomic E-state index is 13.3. The van der Waals surface area contributed by atoms with Gasteiger partial charge in [0.1, 0.15) is 5.76 Å². The van der Waals surface area contributed by atoms with Crippen LogP contribution in [0, 0.1) is 0 Å². The van der Waals surface area contributed by atoms with Crippen molar-refractivity contribution >= 4 is 40.6 Å². The minimum Gasteiger partial charge on any atom is -0.493 e. The first kappa shape index (κ1) is 23.2. The number of methoxy groups -OCH3 is 1. The molecule has 4 rings (SSSR count). The van der Waals surface area contributed by atoms with Crippen LogP contribution < -0.4 is 9.47 Å². The lowest BCUT2D eigenvalue weighted by atomic mass is 10.1. The van der Waals surface area contributed by atoms with Crippen molar-refractivity contribution in [2.75, 3.05) is 7.11 Å². The topological polar surface area (TPSA) is 102 Å². The summed E-state index contributed by atoms with van der Waals surface area (Å²) >= 11 is 1.27. The third-order valence-corrected chi connectivity index (χ3v) is 5.91. The van der Waals surface area contributed by atoms with Gasteiger partial charge in [0.15, 0.2) is 22.8 Å². The number of carbonyl (C=O) groups is 2. The van der Waals surface area contributed by atoms with Gasteiger partial charge in [-0.15, -0.1) is 0 Å². The zero-order valence-electron chi connectivity index (χ0n) is 18.5. The van der Waals surface area contributed by atoms with Gasteiger partial charge in [0.05, 0.1) is 30.5 Å². The standard InChI is InChI=1S/C25H22N2O6S/c1-16(24(29)30)33-20-11-10-17(13-21(20)31-2)14-22-23(28)27(15-19-9-6-12-32-19)25(34-22)26-18-7-4-3-5-8-18/h3-14,16H,15H2,1-2H3,(H,29,30)/b22-14+,26-25?.